The van der Waals surface area contributed by atoms with Gasteiger partial charge in [-0.15, -0.1) is 0 Å². The summed E-state index contributed by atoms with van der Waals surface area (Å²) >= 11 is 0. The highest BCUT2D eigenvalue weighted by atomic mass is 15.2. The van der Waals surface area contributed by atoms with Crippen LogP contribution in [0.5, 0.6) is 0 Å². The van der Waals surface area contributed by atoms with Gasteiger partial charge in [-0.05, 0) is 18.3 Å². The Morgan fingerprint density at radius 1 is 1.18 bits per heavy atom. The van der Waals surface area contributed by atoms with Crippen molar-refractivity contribution in [1.82, 2.24) is 10.6 Å². The molecule has 3 nitrogen and oxygen atoms in total. The van der Waals surface area contributed by atoms with Crippen molar-refractivity contribution in [1.29, 1.82) is 0 Å². The molecule has 0 spiro atoms. The minimum atomic E-state index is 0.659. The van der Waals surface area contributed by atoms with Crippen molar-refractivity contribution >= 4 is 5.96 Å². The number of guanidine groups is 1. The highest BCUT2D eigenvalue weighted by Crippen LogP contribution is 2.25. The first-order valence-electron chi connectivity index (χ1n) is 7.17. The smallest absolute Gasteiger partial charge is 0.190 e. The molecule has 0 radical (unpaired) electrons. The monoisotopic (exact) mass is 239 g/mol. The zero-order chi connectivity index (χ0) is 12.5. The van der Waals surface area contributed by atoms with Gasteiger partial charge in [0.15, 0.2) is 5.96 Å². The Hall–Kier alpha value is -0.730. The van der Waals surface area contributed by atoms with Crippen molar-refractivity contribution < 1.29 is 0 Å². The molecule has 2 N–H and O–H groups in total. The van der Waals surface area contributed by atoms with E-state index in [1.54, 1.807) is 0 Å². The highest BCUT2D eigenvalue weighted by molar-refractivity contribution is 5.79. The Bertz CT molecular complexity index is 218. The van der Waals surface area contributed by atoms with Crippen molar-refractivity contribution in [3.8, 4) is 0 Å². The van der Waals surface area contributed by atoms with E-state index in [1.807, 2.05) is 7.05 Å². The van der Waals surface area contributed by atoms with Gasteiger partial charge in [0.1, 0.15) is 0 Å². The van der Waals surface area contributed by atoms with E-state index in [4.69, 9.17) is 0 Å². The van der Waals surface area contributed by atoms with Crippen molar-refractivity contribution in [2.45, 2.75) is 52.4 Å². The molecule has 1 aliphatic rings. The fourth-order valence-corrected chi connectivity index (χ4v) is 2.39. The molecule has 3 heteroatoms. The molecule has 0 aromatic rings. The molecule has 0 heterocycles. The van der Waals surface area contributed by atoms with E-state index >= 15 is 0 Å². The molecule has 1 aliphatic carbocycles. The maximum Gasteiger partial charge on any atom is 0.190 e. The maximum absolute atomic E-state index is 4.24. The van der Waals surface area contributed by atoms with E-state index in [0.717, 1.165) is 25.0 Å². The molecule has 1 saturated carbocycles. The first-order chi connectivity index (χ1) is 8.22. The van der Waals surface area contributed by atoms with Crippen LogP contribution in [0.25, 0.3) is 0 Å². The van der Waals surface area contributed by atoms with E-state index in [9.17, 15) is 0 Å². The normalized spacial score (nSPS) is 18.5. The van der Waals surface area contributed by atoms with E-state index in [2.05, 4.69) is 29.5 Å². The Kier molecular flexibility index (Phi) is 7.06. The average Bonchev–Trinajstić information content (AvgIpc) is 2.34. The lowest BCUT2D eigenvalue weighted by Crippen LogP contribution is -2.39. The Morgan fingerprint density at radius 2 is 1.88 bits per heavy atom. The van der Waals surface area contributed by atoms with Crippen molar-refractivity contribution in [3.05, 3.63) is 0 Å². The Morgan fingerprint density at radius 3 is 2.47 bits per heavy atom. The summed E-state index contributed by atoms with van der Waals surface area (Å²) in [5.41, 5.74) is 0. The molecule has 0 atom stereocenters. The van der Waals surface area contributed by atoms with Crippen LogP contribution < -0.4 is 10.6 Å². The number of nitrogens with zero attached hydrogens (tertiary/aromatic N) is 1. The first kappa shape index (κ1) is 14.3. The Balaban J connectivity index is 2.10. The predicted octanol–water partition coefficient (Wildman–Crippen LogP) is 2.78. The van der Waals surface area contributed by atoms with Gasteiger partial charge in [0.2, 0.25) is 0 Å². The van der Waals surface area contributed by atoms with Gasteiger partial charge in [0, 0.05) is 20.1 Å². The van der Waals surface area contributed by atoms with Gasteiger partial charge in [0.25, 0.3) is 0 Å². The van der Waals surface area contributed by atoms with E-state index in [0.29, 0.717) is 5.92 Å². The molecule has 0 aromatic heterocycles. The van der Waals surface area contributed by atoms with Crippen LogP contribution in [0.15, 0.2) is 4.99 Å². The second-order valence-corrected chi connectivity index (χ2v) is 5.57. The summed E-state index contributed by atoms with van der Waals surface area (Å²) in [6.07, 6.45) is 8.47. The molecule has 0 aliphatic heterocycles. The standard InChI is InChI=1S/C14H29N3/c1-12(2)11-17-14(15-3)16-10-9-13-7-5-4-6-8-13/h12-13H,4-11H2,1-3H3,(H2,15,16,17). The number of hydrogen-bond donors (Lipinski definition) is 2. The fraction of sp³-hybridized carbons (Fsp3) is 0.929. The quantitative estimate of drug-likeness (QED) is 0.572. The van der Waals surface area contributed by atoms with Gasteiger partial charge in [-0.1, -0.05) is 46.0 Å². The van der Waals surface area contributed by atoms with Gasteiger partial charge in [0.05, 0.1) is 0 Å². The first-order valence-corrected chi connectivity index (χ1v) is 7.17. The average molecular weight is 239 g/mol. The van der Waals surface area contributed by atoms with Crippen molar-refractivity contribution in [2.75, 3.05) is 20.1 Å². The van der Waals surface area contributed by atoms with E-state index in [-0.39, 0.29) is 0 Å². The summed E-state index contributed by atoms with van der Waals surface area (Å²) in [4.78, 5) is 4.24. The third-order valence-electron chi connectivity index (χ3n) is 3.47. The third-order valence-corrected chi connectivity index (χ3v) is 3.47. The van der Waals surface area contributed by atoms with Crippen LogP contribution >= 0.6 is 0 Å². The summed E-state index contributed by atoms with van der Waals surface area (Å²) in [6, 6.07) is 0. The molecule has 0 bridgehead atoms. The highest BCUT2D eigenvalue weighted by Gasteiger charge is 2.12. The largest absolute Gasteiger partial charge is 0.356 e. The SMILES string of the molecule is CN=C(NCCC1CCCCC1)NCC(C)C. The summed E-state index contributed by atoms with van der Waals surface area (Å²) in [6.45, 7) is 6.47. The molecule has 0 amide bonds. The predicted molar refractivity (Wildman–Crippen MR) is 75.4 cm³/mol. The minimum Gasteiger partial charge on any atom is -0.356 e. The molecule has 100 valence electrons. The van der Waals surface area contributed by atoms with Crippen LogP contribution in [0.3, 0.4) is 0 Å². The molecular formula is C14H29N3. The van der Waals surface area contributed by atoms with Crippen LogP contribution in [0.1, 0.15) is 52.4 Å². The van der Waals surface area contributed by atoms with Crippen LogP contribution in [0.2, 0.25) is 0 Å². The zero-order valence-corrected chi connectivity index (χ0v) is 11.8. The van der Waals surface area contributed by atoms with Crippen molar-refractivity contribution in [2.24, 2.45) is 16.8 Å². The number of rotatable bonds is 5. The molecule has 17 heavy (non-hydrogen) atoms. The summed E-state index contributed by atoms with van der Waals surface area (Å²) < 4.78 is 0. The van der Waals surface area contributed by atoms with Crippen molar-refractivity contribution in [3.63, 3.8) is 0 Å². The molecule has 0 saturated heterocycles. The topological polar surface area (TPSA) is 36.4 Å². The number of hydrogen-bond acceptors (Lipinski definition) is 1. The van der Waals surface area contributed by atoms with Gasteiger partial charge < -0.3 is 10.6 Å². The van der Waals surface area contributed by atoms with Crippen LogP contribution in [-0.2, 0) is 0 Å². The van der Waals surface area contributed by atoms with E-state index < -0.39 is 0 Å². The fourth-order valence-electron chi connectivity index (χ4n) is 2.39. The number of nitrogens with one attached hydrogen (secondary N) is 2. The lowest BCUT2D eigenvalue weighted by Gasteiger charge is -2.22. The second-order valence-electron chi connectivity index (χ2n) is 5.57. The molecule has 0 unspecified atom stereocenters. The van der Waals surface area contributed by atoms with Crippen LogP contribution in [0, 0.1) is 11.8 Å². The molecular weight excluding hydrogens is 210 g/mol. The summed E-state index contributed by atoms with van der Waals surface area (Å²) in [7, 11) is 1.84. The summed E-state index contributed by atoms with van der Waals surface area (Å²) in [5, 5.41) is 6.76. The van der Waals surface area contributed by atoms with Gasteiger partial charge in [-0.25, -0.2) is 0 Å². The molecule has 0 aromatic carbocycles. The third kappa shape index (κ3) is 6.54. The van der Waals surface area contributed by atoms with Gasteiger partial charge >= 0.3 is 0 Å². The Labute approximate surface area is 106 Å². The lowest BCUT2D eigenvalue weighted by molar-refractivity contribution is 0.339. The molecule has 1 fully saturated rings. The second kappa shape index (κ2) is 8.37. The maximum atomic E-state index is 4.24. The molecule has 1 rings (SSSR count). The van der Waals surface area contributed by atoms with Crippen LogP contribution in [0.4, 0.5) is 0 Å². The summed E-state index contributed by atoms with van der Waals surface area (Å²) in [5.74, 6) is 2.56. The zero-order valence-electron chi connectivity index (χ0n) is 11.8. The lowest BCUT2D eigenvalue weighted by atomic mass is 9.87. The van der Waals surface area contributed by atoms with Crippen LogP contribution in [-0.4, -0.2) is 26.1 Å². The van der Waals surface area contributed by atoms with Gasteiger partial charge in [-0.2, -0.15) is 0 Å². The van der Waals surface area contributed by atoms with E-state index in [1.165, 1.54) is 38.5 Å². The minimum absolute atomic E-state index is 0.659. The number of aliphatic imine (C=N–C) groups is 1. The van der Waals surface area contributed by atoms with Gasteiger partial charge in [-0.3, -0.25) is 4.99 Å².